The zero-order valence-electron chi connectivity index (χ0n) is 20.2. The molecule has 0 saturated heterocycles. The van der Waals surface area contributed by atoms with Crippen molar-refractivity contribution >= 4 is 29.7 Å². The van der Waals surface area contributed by atoms with Crippen LogP contribution in [0.1, 0.15) is 43.2 Å². The lowest BCUT2D eigenvalue weighted by atomic mass is 9.83. The van der Waals surface area contributed by atoms with Crippen LogP contribution in [0.2, 0.25) is 0 Å². The molecule has 2 amide bonds. The Kier molecular flexibility index (Phi) is 7.69. The molecule has 2 aromatic carbocycles. The van der Waals surface area contributed by atoms with Crippen molar-refractivity contribution in [3.8, 4) is 11.1 Å². The zero-order chi connectivity index (χ0) is 25.0. The molecule has 1 fully saturated rings. The molecule has 0 aliphatic heterocycles. The highest BCUT2D eigenvalue weighted by atomic mass is 32.2. The van der Waals surface area contributed by atoms with Crippen LogP contribution in [0.5, 0.6) is 0 Å². The molecule has 35 heavy (non-hydrogen) atoms. The van der Waals surface area contributed by atoms with Gasteiger partial charge in [0.1, 0.15) is 13.2 Å². The van der Waals surface area contributed by atoms with Crippen molar-refractivity contribution in [2.45, 2.75) is 38.1 Å². The number of ether oxygens (including phenoxy) is 1. The highest BCUT2D eigenvalue weighted by Gasteiger charge is 2.48. The Morgan fingerprint density at radius 1 is 1.11 bits per heavy atom. The first-order valence-corrected chi connectivity index (χ1v) is 13.4. The number of alkyl carbamates (subject to hydrolysis) is 1. The summed E-state index contributed by atoms with van der Waals surface area (Å²) in [6.45, 7) is 2.05. The third-order valence-corrected chi connectivity index (χ3v) is 7.85. The van der Waals surface area contributed by atoms with Crippen LogP contribution in [-0.4, -0.2) is 65.7 Å². The predicted octanol–water partition coefficient (Wildman–Crippen LogP) is 4.36. The third kappa shape index (κ3) is 5.17. The van der Waals surface area contributed by atoms with Gasteiger partial charge in [0.15, 0.2) is 0 Å². The first-order chi connectivity index (χ1) is 16.8. The number of carbonyl (C=O) groups is 3. The number of benzene rings is 2. The topological polar surface area (TPSA) is 95.9 Å². The molecule has 0 spiro atoms. The number of nitrogens with one attached hydrogen (secondary N) is 1. The monoisotopic (exact) mass is 496 g/mol. The number of carboxylic acids is 1. The Hall–Kier alpha value is -3.00. The number of fused-ring (bicyclic) bond motifs is 3. The predicted molar refractivity (Wildman–Crippen MR) is 137 cm³/mol. The maximum atomic E-state index is 13.4. The van der Waals surface area contributed by atoms with E-state index in [0.717, 1.165) is 28.7 Å². The Bertz CT molecular complexity index is 1060. The van der Waals surface area contributed by atoms with Gasteiger partial charge >= 0.3 is 12.1 Å². The molecule has 0 aromatic heterocycles. The summed E-state index contributed by atoms with van der Waals surface area (Å²) in [5.74, 6) is -0.653. The summed E-state index contributed by atoms with van der Waals surface area (Å²) >= 11 is 1.56. The smallest absolute Gasteiger partial charge is 0.407 e. The van der Waals surface area contributed by atoms with E-state index in [1.807, 2.05) is 37.4 Å². The number of carboxylic acid groups (broad SMARTS) is 1. The molecule has 0 radical (unpaired) electrons. The van der Waals surface area contributed by atoms with Gasteiger partial charge in [0, 0.05) is 24.3 Å². The van der Waals surface area contributed by atoms with Gasteiger partial charge in [-0.2, -0.15) is 11.8 Å². The van der Waals surface area contributed by atoms with Crippen LogP contribution in [0, 0.1) is 5.41 Å². The van der Waals surface area contributed by atoms with Crippen LogP contribution < -0.4 is 5.32 Å². The van der Waals surface area contributed by atoms with Crippen LogP contribution in [-0.2, 0) is 14.3 Å². The molecule has 7 nitrogen and oxygen atoms in total. The fraction of sp³-hybridized carbons (Fsp3) is 0.444. The SMILES string of the molecule is CSCCN(CC(=O)O)C(=O)C1(C)CCCC1NC(=O)OCC1c2ccccc2-c2ccccc21. The van der Waals surface area contributed by atoms with Gasteiger partial charge in [-0.1, -0.05) is 55.0 Å². The van der Waals surface area contributed by atoms with Gasteiger partial charge < -0.3 is 20.1 Å². The zero-order valence-corrected chi connectivity index (χ0v) is 21.0. The fourth-order valence-corrected chi connectivity index (χ4v) is 5.82. The highest BCUT2D eigenvalue weighted by molar-refractivity contribution is 7.98. The van der Waals surface area contributed by atoms with Gasteiger partial charge in [-0.3, -0.25) is 9.59 Å². The van der Waals surface area contributed by atoms with Crippen molar-refractivity contribution in [2.75, 3.05) is 31.7 Å². The van der Waals surface area contributed by atoms with Gasteiger partial charge in [-0.25, -0.2) is 4.79 Å². The van der Waals surface area contributed by atoms with Crippen molar-refractivity contribution < 1.29 is 24.2 Å². The molecule has 2 N–H and O–H groups in total. The molecular weight excluding hydrogens is 464 g/mol. The minimum atomic E-state index is -1.04. The molecule has 2 aliphatic rings. The lowest BCUT2D eigenvalue weighted by Gasteiger charge is -2.35. The second-order valence-electron chi connectivity index (χ2n) is 9.45. The van der Waals surface area contributed by atoms with Crippen molar-refractivity contribution in [3.63, 3.8) is 0 Å². The number of aliphatic carboxylic acids is 1. The summed E-state index contributed by atoms with van der Waals surface area (Å²) in [7, 11) is 0. The number of rotatable bonds is 9. The van der Waals surface area contributed by atoms with E-state index in [9.17, 15) is 19.5 Å². The largest absolute Gasteiger partial charge is 0.480 e. The molecule has 186 valence electrons. The molecule has 2 aromatic rings. The molecule has 0 bridgehead atoms. The van der Waals surface area contributed by atoms with E-state index in [1.165, 1.54) is 4.90 Å². The van der Waals surface area contributed by atoms with Crippen LogP contribution in [0.3, 0.4) is 0 Å². The molecule has 8 heteroatoms. The molecule has 0 heterocycles. The Balaban J connectivity index is 1.42. The van der Waals surface area contributed by atoms with Gasteiger partial charge in [0.05, 0.1) is 5.41 Å². The van der Waals surface area contributed by atoms with Crippen LogP contribution in [0.15, 0.2) is 48.5 Å². The Morgan fingerprint density at radius 3 is 2.34 bits per heavy atom. The van der Waals surface area contributed by atoms with Crippen molar-refractivity contribution in [2.24, 2.45) is 5.41 Å². The van der Waals surface area contributed by atoms with E-state index in [-0.39, 0.29) is 25.0 Å². The molecule has 2 atom stereocenters. The van der Waals surface area contributed by atoms with E-state index in [2.05, 4.69) is 29.6 Å². The van der Waals surface area contributed by atoms with Crippen LogP contribution >= 0.6 is 11.8 Å². The quantitative estimate of drug-likeness (QED) is 0.536. The van der Waals surface area contributed by atoms with Crippen molar-refractivity contribution in [1.82, 2.24) is 10.2 Å². The third-order valence-electron chi connectivity index (χ3n) is 7.26. The Labute approximate surface area is 210 Å². The maximum Gasteiger partial charge on any atom is 0.407 e. The van der Waals surface area contributed by atoms with E-state index in [1.54, 1.807) is 11.8 Å². The molecular formula is C27H32N2O5S. The van der Waals surface area contributed by atoms with Crippen molar-refractivity contribution in [1.29, 1.82) is 0 Å². The van der Waals surface area contributed by atoms with Gasteiger partial charge in [0.2, 0.25) is 5.91 Å². The molecule has 4 rings (SSSR count). The number of hydrogen-bond acceptors (Lipinski definition) is 5. The minimum absolute atomic E-state index is 0.0395. The van der Waals surface area contributed by atoms with Gasteiger partial charge in [-0.05, 0) is 48.3 Å². The number of hydrogen-bond donors (Lipinski definition) is 2. The number of carbonyl (C=O) groups excluding carboxylic acids is 2. The first-order valence-electron chi connectivity index (χ1n) is 12.0. The average molecular weight is 497 g/mol. The number of amides is 2. The van der Waals surface area contributed by atoms with E-state index in [4.69, 9.17) is 4.74 Å². The van der Waals surface area contributed by atoms with Gasteiger partial charge in [0.25, 0.3) is 0 Å². The molecule has 2 aliphatic carbocycles. The van der Waals surface area contributed by atoms with Crippen molar-refractivity contribution in [3.05, 3.63) is 59.7 Å². The lowest BCUT2D eigenvalue weighted by molar-refractivity contribution is -0.149. The summed E-state index contributed by atoms with van der Waals surface area (Å²) in [5.41, 5.74) is 3.74. The van der Waals surface area contributed by atoms with Crippen LogP contribution in [0.4, 0.5) is 4.79 Å². The van der Waals surface area contributed by atoms with E-state index >= 15 is 0 Å². The fourth-order valence-electron chi connectivity index (χ4n) is 5.41. The number of nitrogens with zero attached hydrogens (tertiary/aromatic N) is 1. The first kappa shape index (κ1) is 25.1. The summed E-state index contributed by atoms with van der Waals surface area (Å²) in [4.78, 5) is 39.0. The van der Waals surface area contributed by atoms with Crippen LogP contribution in [0.25, 0.3) is 11.1 Å². The normalized spacial score (nSPS) is 20.7. The average Bonchev–Trinajstić information content (AvgIpc) is 3.38. The maximum absolute atomic E-state index is 13.4. The number of thioether (sulfide) groups is 1. The minimum Gasteiger partial charge on any atom is -0.480 e. The van der Waals surface area contributed by atoms with E-state index in [0.29, 0.717) is 25.1 Å². The summed E-state index contributed by atoms with van der Waals surface area (Å²) in [5, 5.41) is 12.2. The van der Waals surface area contributed by atoms with E-state index < -0.39 is 23.5 Å². The van der Waals surface area contributed by atoms with Gasteiger partial charge in [-0.15, -0.1) is 0 Å². The Morgan fingerprint density at radius 2 is 1.74 bits per heavy atom. The highest BCUT2D eigenvalue weighted by Crippen LogP contribution is 2.44. The summed E-state index contributed by atoms with van der Waals surface area (Å²) in [6, 6.07) is 15.9. The summed E-state index contributed by atoms with van der Waals surface area (Å²) < 4.78 is 5.69. The lowest BCUT2D eigenvalue weighted by Crippen LogP contribution is -2.53. The molecule has 2 unspecified atom stereocenters. The standard InChI is InChI=1S/C27H32N2O5S/c1-27(25(32)29(14-15-35-2)16-24(30)31)13-7-12-23(27)28-26(33)34-17-22-20-10-5-3-8-18(20)19-9-4-6-11-21(19)22/h3-6,8-11,22-23H,7,12-17H2,1-2H3,(H,28,33)(H,30,31). The molecule has 1 saturated carbocycles. The summed E-state index contributed by atoms with van der Waals surface area (Å²) in [6.07, 6.45) is 3.39. The second kappa shape index (κ2) is 10.7. The second-order valence-corrected chi connectivity index (χ2v) is 10.4.